The van der Waals surface area contributed by atoms with Gasteiger partial charge in [0.2, 0.25) is 0 Å². The first kappa shape index (κ1) is 21.8. The maximum absolute atomic E-state index is 12.9. The molecule has 1 atom stereocenters. The Labute approximate surface area is 180 Å². The van der Waals surface area contributed by atoms with Crippen LogP contribution >= 0.6 is 0 Å². The summed E-state index contributed by atoms with van der Waals surface area (Å²) in [6.45, 7) is -0.0705. The molecule has 0 aromatic heterocycles. The van der Waals surface area contributed by atoms with Gasteiger partial charge in [0.15, 0.2) is 0 Å². The highest BCUT2D eigenvalue weighted by Crippen LogP contribution is 2.13. The first-order chi connectivity index (χ1) is 15.1. The normalized spacial score (nSPS) is 11.3. The highest BCUT2D eigenvalue weighted by molar-refractivity contribution is 5.98. The second-order valence-electron chi connectivity index (χ2n) is 6.84. The smallest absolute Gasteiger partial charge is 0.338 e. The van der Waals surface area contributed by atoms with Crippen molar-refractivity contribution in [1.82, 2.24) is 5.32 Å². The van der Waals surface area contributed by atoms with Crippen molar-refractivity contribution >= 4 is 17.8 Å². The number of hydrogen-bond donors (Lipinski definition) is 1. The molecule has 0 saturated carbocycles. The summed E-state index contributed by atoms with van der Waals surface area (Å²) in [5.41, 5.74) is 2.18. The lowest BCUT2D eigenvalue weighted by Crippen LogP contribution is -2.43. The lowest BCUT2D eigenvalue weighted by atomic mass is 10.0. The van der Waals surface area contributed by atoms with Crippen LogP contribution in [0.5, 0.6) is 0 Å². The number of nitrogens with one attached hydrogen (secondary N) is 1. The molecule has 0 aliphatic carbocycles. The molecule has 1 N–H and O–H groups in total. The summed E-state index contributed by atoms with van der Waals surface area (Å²) in [5.74, 6) is -1.46. The van der Waals surface area contributed by atoms with Crippen molar-refractivity contribution in [3.8, 4) is 0 Å². The van der Waals surface area contributed by atoms with Gasteiger partial charge in [-0.1, -0.05) is 66.7 Å². The van der Waals surface area contributed by atoms with E-state index >= 15 is 0 Å². The van der Waals surface area contributed by atoms with E-state index in [2.05, 4.69) is 5.32 Å². The van der Waals surface area contributed by atoms with Crippen molar-refractivity contribution in [3.05, 3.63) is 107 Å². The molecule has 0 aliphatic heterocycles. The zero-order chi connectivity index (χ0) is 22.1. The molecule has 3 rings (SSSR count). The molecule has 0 fully saturated rings. The van der Waals surface area contributed by atoms with Gasteiger partial charge in [0.05, 0.1) is 12.7 Å². The Hall–Kier alpha value is -3.93. The van der Waals surface area contributed by atoms with E-state index in [-0.39, 0.29) is 6.61 Å². The molecule has 3 aromatic rings. The summed E-state index contributed by atoms with van der Waals surface area (Å²) in [5, 5.41) is 2.74. The number of carbonyl (C=O) groups is 3. The second kappa shape index (κ2) is 10.7. The number of rotatable bonds is 8. The molecule has 6 nitrogen and oxygen atoms in total. The fraction of sp³-hybridized carbons (Fsp3) is 0.160. The molecule has 0 aliphatic rings. The molecule has 0 bridgehead atoms. The standard InChI is InChI=1S/C25H23NO5/c1-30-25(29)22(16-18-10-4-2-5-11-18)26-23(27)21-15-9-8-14-20(21)17-31-24(28)19-12-6-3-7-13-19/h2-15,22H,16-17H2,1H3,(H,26,27). The Morgan fingerprint density at radius 3 is 2.13 bits per heavy atom. The van der Waals surface area contributed by atoms with Crippen LogP contribution in [-0.4, -0.2) is 31.0 Å². The van der Waals surface area contributed by atoms with Crippen LogP contribution in [0.3, 0.4) is 0 Å². The van der Waals surface area contributed by atoms with E-state index in [1.807, 2.05) is 36.4 Å². The number of ether oxygens (including phenoxy) is 2. The van der Waals surface area contributed by atoms with Gasteiger partial charge in [0.1, 0.15) is 12.6 Å². The summed E-state index contributed by atoms with van der Waals surface area (Å²) in [4.78, 5) is 37.4. The minimum atomic E-state index is -0.847. The molecule has 1 unspecified atom stereocenters. The van der Waals surface area contributed by atoms with Crippen LogP contribution in [0, 0.1) is 0 Å². The Balaban J connectivity index is 1.71. The van der Waals surface area contributed by atoms with Crippen LogP contribution in [0.15, 0.2) is 84.9 Å². The van der Waals surface area contributed by atoms with Crippen molar-refractivity contribution in [2.45, 2.75) is 19.1 Å². The number of amides is 1. The average molecular weight is 417 g/mol. The van der Waals surface area contributed by atoms with Crippen molar-refractivity contribution in [2.75, 3.05) is 7.11 Å². The number of carbonyl (C=O) groups excluding carboxylic acids is 3. The Kier molecular flexibility index (Phi) is 7.54. The first-order valence-electron chi connectivity index (χ1n) is 9.81. The van der Waals surface area contributed by atoms with E-state index in [0.29, 0.717) is 23.1 Å². The zero-order valence-corrected chi connectivity index (χ0v) is 17.1. The van der Waals surface area contributed by atoms with Crippen LogP contribution in [0.4, 0.5) is 0 Å². The first-order valence-corrected chi connectivity index (χ1v) is 9.81. The van der Waals surface area contributed by atoms with E-state index in [1.54, 1.807) is 48.5 Å². The molecule has 31 heavy (non-hydrogen) atoms. The van der Waals surface area contributed by atoms with Gasteiger partial charge in [0, 0.05) is 17.5 Å². The molecule has 6 heteroatoms. The third-order valence-corrected chi connectivity index (χ3v) is 4.70. The van der Waals surface area contributed by atoms with Crippen LogP contribution in [0.2, 0.25) is 0 Å². The predicted octanol–water partition coefficient (Wildman–Crippen LogP) is 3.56. The Morgan fingerprint density at radius 1 is 0.839 bits per heavy atom. The monoisotopic (exact) mass is 417 g/mol. The van der Waals surface area contributed by atoms with Gasteiger partial charge >= 0.3 is 11.9 Å². The summed E-state index contributed by atoms with van der Waals surface area (Å²) < 4.78 is 10.2. The van der Waals surface area contributed by atoms with Crippen LogP contribution in [-0.2, 0) is 27.3 Å². The van der Waals surface area contributed by atoms with Crippen molar-refractivity contribution in [2.24, 2.45) is 0 Å². The molecular weight excluding hydrogens is 394 g/mol. The van der Waals surface area contributed by atoms with E-state index < -0.39 is 23.9 Å². The highest BCUT2D eigenvalue weighted by atomic mass is 16.5. The highest BCUT2D eigenvalue weighted by Gasteiger charge is 2.24. The van der Waals surface area contributed by atoms with Crippen LogP contribution < -0.4 is 5.32 Å². The van der Waals surface area contributed by atoms with Crippen molar-refractivity contribution < 1.29 is 23.9 Å². The minimum absolute atomic E-state index is 0.0705. The van der Waals surface area contributed by atoms with Gasteiger partial charge < -0.3 is 14.8 Å². The van der Waals surface area contributed by atoms with E-state index in [1.165, 1.54) is 7.11 Å². The fourth-order valence-corrected chi connectivity index (χ4v) is 3.09. The van der Waals surface area contributed by atoms with Gasteiger partial charge in [-0.2, -0.15) is 0 Å². The SMILES string of the molecule is COC(=O)C(Cc1ccccc1)NC(=O)c1ccccc1COC(=O)c1ccccc1. The lowest BCUT2D eigenvalue weighted by molar-refractivity contribution is -0.142. The minimum Gasteiger partial charge on any atom is -0.467 e. The zero-order valence-electron chi connectivity index (χ0n) is 17.1. The second-order valence-corrected chi connectivity index (χ2v) is 6.84. The molecule has 0 radical (unpaired) electrons. The molecule has 1 amide bonds. The van der Waals surface area contributed by atoms with Gasteiger partial charge in [-0.3, -0.25) is 4.79 Å². The summed E-state index contributed by atoms with van der Waals surface area (Å²) in [7, 11) is 1.28. The van der Waals surface area contributed by atoms with Gasteiger partial charge in [-0.25, -0.2) is 9.59 Å². The number of esters is 2. The quantitative estimate of drug-likeness (QED) is 0.567. The Morgan fingerprint density at radius 2 is 1.45 bits per heavy atom. The van der Waals surface area contributed by atoms with E-state index in [0.717, 1.165) is 5.56 Å². The molecule has 3 aromatic carbocycles. The summed E-state index contributed by atoms with van der Waals surface area (Å²) in [6, 6.07) is 23.9. The largest absolute Gasteiger partial charge is 0.467 e. The fourth-order valence-electron chi connectivity index (χ4n) is 3.09. The van der Waals surface area contributed by atoms with Crippen molar-refractivity contribution in [3.63, 3.8) is 0 Å². The number of hydrogen-bond acceptors (Lipinski definition) is 5. The summed E-state index contributed by atoms with van der Waals surface area (Å²) >= 11 is 0. The Bertz CT molecular complexity index is 1030. The van der Waals surface area contributed by atoms with Gasteiger partial charge in [-0.15, -0.1) is 0 Å². The topological polar surface area (TPSA) is 81.7 Å². The van der Waals surface area contributed by atoms with Crippen LogP contribution in [0.25, 0.3) is 0 Å². The van der Waals surface area contributed by atoms with Crippen LogP contribution in [0.1, 0.15) is 31.8 Å². The molecule has 0 heterocycles. The van der Waals surface area contributed by atoms with Gasteiger partial charge in [0.25, 0.3) is 5.91 Å². The number of methoxy groups -OCH3 is 1. The average Bonchev–Trinajstić information content (AvgIpc) is 2.83. The maximum Gasteiger partial charge on any atom is 0.338 e. The molecule has 158 valence electrons. The molecule has 0 spiro atoms. The maximum atomic E-state index is 12.9. The lowest BCUT2D eigenvalue weighted by Gasteiger charge is -2.18. The molecular formula is C25H23NO5. The number of benzene rings is 3. The predicted molar refractivity (Wildman–Crippen MR) is 115 cm³/mol. The third kappa shape index (κ3) is 6.02. The third-order valence-electron chi connectivity index (χ3n) is 4.70. The summed E-state index contributed by atoms with van der Waals surface area (Å²) in [6.07, 6.45) is 0.296. The van der Waals surface area contributed by atoms with E-state index in [4.69, 9.17) is 9.47 Å². The van der Waals surface area contributed by atoms with E-state index in [9.17, 15) is 14.4 Å². The molecule has 0 saturated heterocycles. The van der Waals surface area contributed by atoms with Crippen molar-refractivity contribution in [1.29, 1.82) is 0 Å². The van der Waals surface area contributed by atoms with Gasteiger partial charge in [-0.05, 0) is 23.8 Å².